The van der Waals surface area contributed by atoms with Gasteiger partial charge in [0.15, 0.2) is 5.75 Å². The summed E-state index contributed by atoms with van der Waals surface area (Å²) in [7, 11) is -20.0. The first-order chi connectivity index (χ1) is 18.2. The van der Waals surface area contributed by atoms with Crippen LogP contribution in [0, 0.1) is 0 Å². The Hall–Kier alpha value is -3.76. The highest BCUT2D eigenvalue weighted by Crippen LogP contribution is 2.45. The van der Waals surface area contributed by atoms with Gasteiger partial charge in [-0.3, -0.25) is 18.2 Å². The van der Waals surface area contributed by atoms with Crippen molar-refractivity contribution in [3.05, 3.63) is 48.5 Å². The summed E-state index contributed by atoms with van der Waals surface area (Å²) < 4.78 is 131. The SMILES string of the molecule is O=S(=O)(O)c1cc(S(=O)(=O)O)c2cc(/N=N/c3c(S(=O)(=O)O)cc4cc(S(=O)(=O)O)cc(O)c4c3O)ccc2c1. The molecule has 0 atom stereocenters. The molecule has 40 heavy (non-hydrogen) atoms. The summed E-state index contributed by atoms with van der Waals surface area (Å²) in [5, 5.41) is 26.8. The minimum absolute atomic E-state index is 0.103. The molecule has 16 nitrogen and oxygen atoms in total. The van der Waals surface area contributed by atoms with Crippen LogP contribution in [0.4, 0.5) is 11.4 Å². The fourth-order valence-electron chi connectivity index (χ4n) is 3.70. The van der Waals surface area contributed by atoms with Crippen LogP contribution in [0.25, 0.3) is 21.5 Å². The molecule has 0 fully saturated rings. The van der Waals surface area contributed by atoms with Crippen LogP contribution in [0.3, 0.4) is 0 Å². The fourth-order valence-corrected chi connectivity index (χ4v) is 6.24. The van der Waals surface area contributed by atoms with Crippen molar-refractivity contribution in [3.8, 4) is 11.5 Å². The van der Waals surface area contributed by atoms with Gasteiger partial charge in [0.05, 0.1) is 20.9 Å². The van der Waals surface area contributed by atoms with E-state index in [1.54, 1.807) is 0 Å². The molecule has 0 spiro atoms. The van der Waals surface area contributed by atoms with Crippen LogP contribution in [-0.4, -0.2) is 62.1 Å². The minimum atomic E-state index is -5.19. The third-order valence-electron chi connectivity index (χ3n) is 5.39. The van der Waals surface area contributed by atoms with E-state index in [4.69, 9.17) is 0 Å². The average Bonchev–Trinajstić information content (AvgIpc) is 2.79. The van der Waals surface area contributed by atoms with Gasteiger partial charge in [-0.1, -0.05) is 6.07 Å². The molecule has 4 rings (SSSR count). The summed E-state index contributed by atoms with van der Waals surface area (Å²) in [6.07, 6.45) is 0. The molecular formula is C20H14N2O14S4. The first-order valence-electron chi connectivity index (χ1n) is 10.1. The molecule has 0 unspecified atom stereocenters. The van der Waals surface area contributed by atoms with E-state index < -0.39 is 88.0 Å². The highest BCUT2D eigenvalue weighted by Gasteiger charge is 2.26. The van der Waals surface area contributed by atoms with Gasteiger partial charge in [-0.05, 0) is 47.2 Å². The lowest BCUT2D eigenvalue weighted by Gasteiger charge is -2.11. The zero-order valence-corrected chi connectivity index (χ0v) is 22.4. The Morgan fingerprint density at radius 1 is 0.550 bits per heavy atom. The summed E-state index contributed by atoms with van der Waals surface area (Å²) in [6.45, 7) is 0. The monoisotopic (exact) mass is 634 g/mol. The molecule has 0 saturated carbocycles. The summed E-state index contributed by atoms with van der Waals surface area (Å²) in [5.74, 6) is -2.02. The second-order valence-corrected chi connectivity index (χ2v) is 13.7. The van der Waals surface area contributed by atoms with Gasteiger partial charge in [0, 0.05) is 11.5 Å². The zero-order valence-electron chi connectivity index (χ0n) is 19.1. The number of rotatable bonds is 6. The second kappa shape index (κ2) is 9.42. The van der Waals surface area contributed by atoms with Crippen molar-refractivity contribution in [3.63, 3.8) is 0 Å². The molecule has 0 aliphatic carbocycles. The van der Waals surface area contributed by atoms with Crippen LogP contribution in [0.5, 0.6) is 11.5 Å². The second-order valence-electron chi connectivity index (χ2n) is 8.04. The number of azo groups is 1. The summed E-state index contributed by atoms with van der Waals surface area (Å²) >= 11 is 0. The largest absolute Gasteiger partial charge is 0.507 e. The van der Waals surface area contributed by atoms with Gasteiger partial charge in [-0.15, -0.1) is 5.11 Å². The van der Waals surface area contributed by atoms with E-state index in [1.165, 1.54) is 0 Å². The van der Waals surface area contributed by atoms with Gasteiger partial charge in [0.2, 0.25) is 0 Å². The maximum Gasteiger partial charge on any atom is 0.296 e. The maximum atomic E-state index is 12.0. The van der Waals surface area contributed by atoms with Crippen LogP contribution in [-0.2, 0) is 40.5 Å². The summed E-state index contributed by atoms with van der Waals surface area (Å²) in [6, 6.07) is 6.43. The highest BCUT2D eigenvalue weighted by atomic mass is 32.2. The first kappa shape index (κ1) is 29.2. The van der Waals surface area contributed by atoms with E-state index in [-0.39, 0.29) is 16.5 Å². The molecule has 0 aliphatic heterocycles. The predicted octanol–water partition coefficient (Wildman–Crippen LogP) is 2.81. The predicted molar refractivity (Wildman–Crippen MR) is 135 cm³/mol. The molecule has 0 radical (unpaired) electrons. The molecule has 4 aromatic carbocycles. The molecule has 0 bridgehead atoms. The summed E-state index contributed by atoms with van der Waals surface area (Å²) in [4.78, 5) is -3.76. The van der Waals surface area contributed by atoms with E-state index in [0.717, 1.165) is 24.3 Å². The van der Waals surface area contributed by atoms with Gasteiger partial charge < -0.3 is 10.2 Å². The van der Waals surface area contributed by atoms with Crippen molar-refractivity contribution in [2.45, 2.75) is 19.6 Å². The number of phenols is 2. The highest BCUT2D eigenvalue weighted by molar-refractivity contribution is 7.87. The molecule has 0 amide bonds. The van der Waals surface area contributed by atoms with Crippen molar-refractivity contribution < 1.29 is 62.1 Å². The van der Waals surface area contributed by atoms with Crippen molar-refractivity contribution >= 4 is 73.4 Å². The number of fused-ring (bicyclic) bond motifs is 2. The Bertz CT molecular complexity index is 2230. The van der Waals surface area contributed by atoms with Crippen molar-refractivity contribution in [1.29, 1.82) is 0 Å². The molecule has 0 saturated heterocycles. The van der Waals surface area contributed by atoms with Crippen molar-refractivity contribution in [1.82, 2.24) is 0 Å². The molecule has 4 aromatic rings. The number of phenolic OH excluding ortho intramolecular Hbond substituents is 2. The van der Waals surface area contributed by atoms with Gasteiger partial charge in [-0.2, -0.15) is 38.8 Å². The minimum Gasteiger partial charge on any atom is -0.507 e. The zero-order chi connectivity index (χ0) is 30.0. The molecular weight excluding hydrogens is 620 g/mol. The molecule has 0 heterocycles. The number of aromatic hydroxyl groups is 2. The lowest BCUT2D eigenvalue weighted by Crippen LogP contribution is -2.04. The van der Waals surface area contributed by atoms with E-state index >= 15 is 0 Å². The van der Waals surface area contributed by atoms with Crippen LogP contribution < -0.4 is 0 Å². The molecule has 0 aromatic heterocycles. The van der Waals surface area contributed by atoms with Crippen LogP contribution in [0.15, 0.2) is 78.3 Å². The quantitative estimate of drug-likeness (QED) is 0.131. The van der Waals surface area contributed by atoms with Crippen molar-refractivity contribution in [2.24, 2.45) is 10.2 Å². The van der Waals surface area contributed by atoms with Gasteiger partial charge in [-0.25, -0.2) is 0 Å². The Labute approximate surface area is 224 Å². The topological polar surface area (TPSA) is 283 Å². The standard InChI is InChI=1S/C20H14N2O14S4/c23-15-7-12(37(25,26)27)4-10-5-17(40(34,35)36)19(20(24)18(10)15)22-21-11-2-1-9-3-13(38(28,29)30)8-16(14(9)6-11)39(31,32)33/h1-8,23-24H,(H,25,26,27)(H,28,29,30)(H,31,32,33)(H,34,35,36)/b22-21+. The van der Waals surface area contributed by atoms with E-state index in [2.05, 4.69) is 10.2 Å². The molecule has 6 N–H and O–H groups in total. The Balaban J connectivity index is 1.97. The Morgan fingerprint density at radius 2 is 1.10 bits per heavy atom. The van der Waals surface area contributed by atoms with E-state index in [9.17, 15) is 62.1 Å². The van der Waals surface area contributed by atoms with Gasteiger partial charge in [0.25, 0.3) is 40.5 Å². The molecule has 20 heteroatoms. The third-order valence-corrected chi connectivity index (χ3v) is 8.82. The first-order valence-corrected chi connectivity index (χ1v) is 15.9. The van der Waals surface area contributed by atoms with Crippen LogP contribution in [0.1, 0.15) is 0 Å². The average molecular weight is 635 g/mol. The number of benzene rings is 4. The Kier molecular flexibility index (Phi) is 6.88. The normalized spacial score (nSPS) is 13.4. The summed E-state index contributed by atoms with van der Waals surface area (Å²) in [5.41, 5.74) is -1.20. The van der Waals surface area contributed by atoms with Gasteiger partial charge >= 0.3 is 0 Å². The smallest absolute Gasteiger partial charge is 0.296 e. The number of hydrogen-bond acceptors (Lipinski definition) is 12. The van der Waals surface area contributed by atoms with E-state index in [1.807, 2.05) is 0 Å². The Morgan fingerprint density at radius 3 is 1.65 bits per heavy atom. The molecule has 0 aliphatic rings. The van der Waals surface area contributed by atoms with Gasteiger partial charge in [0.1, 0.15) is 21.2 Å². The lowest BCUT2D eigenvalue weighted by atomic mass is 10.1. The fraction of sp³-hybridized carbons (Fsp3) is 0. The van der Waals surface area contributed by atoms with Crippen LogP contribution in [0.2, 0.25) is 0 Å². The third kappa shape index (κ3) is 5.59. The van der Waals surface area contributed by atoms with Crippen molar-refractivity contribution in [2.75, 3.05) is 0 Å². The van der Waals surface area contributed by atoms with E-state index in [0.29, 0.717) is 24.3 Å². The maximum absolute atomic E-state index is 12.0. The molecule has 212 valence electrons. The van der Waals surface area contributed by atoms with Crippen LogP contribution >= 0.6 is 0 Å². The number of hydrogen-bond donors (Lipinski definition) is 6. The lowest BCUT2D eigenvalue weighted by molar-refractivity contribution is 0.457. The number of nitrogens with zero attached hydrogens (tertiary/aromatic N) is 2.